The fourth-order valence-corrected chi connectivity index (χ4v) is 5.08. The Morgan fingerprint density at radius 3 is 2.49 bits per heavy atom. The lowest BCUT2D eigenvalue weighted by Gasteiger charge is -2.29. The monoisotopic (exact) mass is 508 g/mol. The van der Waals surface area contributed by atoms with Crippen LogP contribution in [0, 0.1) is 18.7 Å². The number of aryl methyl sites for hydroxylation is 1. The molecule has 2 saturated carbocycles. The Kier molecular flexibility index (Phi) is 7.41. The molecular formula is C28H33FN4O4. The number of aromatic amines is 1. The molecule has 0 saturated heterocycles. The third kappa shape index (κ3) is 5.77. The molecule has 8 nitrogen and oxygen atoms in total. The lowest BCUT2D eigenvalue weighted by molar-refractivity contribution is -0.125. The number of halogens is 1. The molecule has 1 aromatic carbocycles. The molecule has 5 rings (SSSR count). The molecule has 0 aliphatic heterocycles. The summed E-state index contributed by atoms with van der Waals surface area (Å²) < 4.78 is 24.9. The molecular weight excluding hydrogens is 475 g/mol. The Balaban J connectivity index is 1.33. The zero-order valence-electron chi connectivity index (χ0n) is 21.2. The van der Waals surface area contributed by atoms with E-state index in [1.807, 2.05) is 13.0 Å². The van der Waals surface area contributed by atoms with Gasteiger partial charge in [0.15, 0.2) is 0 Å². The predicted octanol–water partition coefficient (Wildman–Crippen LogP) is 4.27. The van der Waals surface area contributed by atoms with Crippen molar-refractivity contribution in [2.75, 3.05) is 20.3 Å². The van der Waals surface area contributed by atoms with Crippen LogP contribution in [0.25, 0.3) is 22.2 Å². The molecule has 3 aromatic rings. The van der Waals surface area contributed by atoms with Gasteiger partial charge in [0.25, 0.3) is 5.91 Å². The van der Waals surface area contributed by atoms with Crippen molar-refractivity contribution in [3.05, 3.63) is 47.5 Å². The molecule has 0 radical (unpaired) electrons. The van der Waals surface area contributed by atoms with Crippen molar-refractivity contribution in [3.63, 3.8) is 0 Å². The summed E-state index contributed by atoms with van der Waals surface area (Å²) in [7, 11) is 1.50. The maximum atomic E-state index is 14.1. The summed E-state index contributed by atoms with van der Waals surface area (Å²) in [6.07, 6.45) is 7.10. The third-order valence-corrected chi connectivity index (χ3v) is 7.21. The Bertz CT molecular complexity index is 1290. The van der Waals surface area contributed by atoms with E-state index in [-0.39, 0.29) is 36.3 Å². The number of benzene rings is 1. The number of nitrogens with zero attached hydrogens (tertiary/aromatic N) is 1. The van der Waals surface area contributed by atoms with Gasteiger partial charge in [-0.2, -0.15) is 0 Å². The van der Waals surface area contributed by atoms with Crippen LogP contribution in [0.15, 0.2) is 30.5 Å². The fourth-order valence-electron chi connectivity index (χ4n) is 5.08. The minimum Gasteiger partial charge on any atom is -0.493 e. The molecule has 2 amide bonds. The number of fused-ring (bicyclic) bond motifs is 1. The van der Waals surface area contributed by atoms with Gasteiger partial charge in [0.1, 0.15) is 23.7 Å². The molecule has 3 N–H and O–H groups in total. The summed E-state index contributed by atoms with van der Waals surface area (Å²) in [5.74, 6) is 0.383. The minimum atomic E-state index is -0.351. The highest BCUT2D eigenvalue weighted by Gasteiger charge is 2.27. The maximum absolute atomic E-state index is 14.1. The summed E-state index contributed by atoms with van der Waals surface area (Å²) in [5.41, 5.74) is 4.09. The van der Waals surface area contributed by atoms with Gasteiger partial charge in [0.05, 0.1) is 17.7 Å². The molecule has 2 aliphatic carbocycles. The van der Waals surface area contributed by atoms with Crippen LogP contribution in [0.3, 0.4) is 0 Å². The number of carbonyl (C=O) groups is 2. The van der Waals surface area contributed by atoms with Crippen molar-refractivity contribution in [1.82, 2.24) is 20.6 Å². The van der Waals surface area contributed by atoms with Crippen molar-refractivity contribution in [3.8, 4) is 16.9 Å². The van der Waals surface area contributed by atoms with Crippen molar-refractivity contribution < 1.29 is 23.5 Å². The summed E-state index contributed by atoms with van der Waals surface area (Å²) in [5, 5.41) is 6.14. The van der Waals surface area contributed by atoms with E-state index in [9.17, 15) is 14.0 Å². The Labute approximate surface area is 215 Å². The van der Waals surface area contributed by atoms with Crippen LogP contribution in [0.4, 0.5) is 4.39 Å². The largest absolute Gasteiger partial charge is 0.493 e. The third-order valence-electron chi connectivity index (χ3n) is 7.21. The number of hydrogen-bond acceptors (Lipinski definition) is 5. The normalized spacial score (nSPS) is 19.5. The van der Waals surface area contributed by atoms with E-state index in [2.05, 4.69) is 20.6 Å². The number of hydrogen-bond donors (Lipinski definition) is 3. The van der Waals surface area contributed by atoms with Crippen LogP contribution in [-0.2, 0) is 9.53 Å². The summed E-state index contributed by atoms with van der Waals surface area (Å²) >= 11 is 0. The number of methoxy groups -OCH3 is 1. The smallest absolute Gasteiger partial charge is 0.255 e. The van der Waals surface area contributed by atoms with Gasteiger partial charge in [-0.05, 0) is 69.6 Å². The van der Waals surface area contributed by atoms with E-state index in [0.717, 1.165) is 60.9 Å². The van der Waals surface area contributed by atoms with Crippen LogP contribution in [0.5, 0.6) is 5.75 Å². The zero-order chi connectivity index (χ0) is 25.9. The second kappa shape index (κ2) is 10.9. The van der Waals surface area contributed by atoms with Gasteiger partial charge in [0.2, 0.25) is 5.91 Å². The summed E-state index contributed by atoms with van der Waals surface area (Å²) in [6, 6.07) is 6.53. The van der Waals surface area contributed by atoms with Crippen molar-refractivity contribution in [2.24, 2.45) is 5.92 Å². The van der Waals surface area contributed by atoms with Gasteiger partial charge in [0, 0.05) is 48.3 Å². The zero-order valence-corrected chi connectivity index (χ0v) is 21.2. The topological polar surface area (TPSA) is 105 Å². The van der Waals surface area contributed by atoms with Gasteiger partial charge >= 0.3 is 0 Å². The average Bonchev–Trinajstić information content (AvgIpc) is 3.64. The van der Waals surface area contributed by atoms with E-state index >= 15 is 0 Å². The molecule has 196 valence electrons. The summed E-state index contributed by atoms with van der Waals surface area (Å²) in [6.45, 7) is 2.48. The second-order valence-corrected chi connectivity index (χ2v) is 10.1. The lowest BCUT2D eigenvalue weighted by Crippen LogP contribution is -2.44. The number of aromatic nitrogens is 2. The van der Waals surface area contributed by atoms with Crippen LogP contribution in [-0.4, -0.2) is 54.2 Å². The first-order chi connectivity index (χ1) is 17.9. The second-order valence-electron chi connectivity index (χ2n) is 10.1. The highest BCUT2D eigenvalue weighted by molar-refractivity contribution is 6.09. The van der Waals surface area contributed by atoms with Crippen molar-refractivity contribution >= 4 is 22.8 Å². The molecule has 0 spiro atoms. The number of ether oxygens (including phenoxy) is 2. The molecule has 2 heterocycles. The Morgan fingerprint density at radius 1 is 1.05 bits per heavy atom. The quantitative estimate of drug-likeness (QED) is 0.400. The van der Waals surface area contributed by atoms with Gasteiger partial charge in [-0.3, -0.25) is 14.6 Å². The fraction of sp³-hybridized carbons (Fsp3) is 0.464. The Hall–Kier alpha value is -3.46. The average molecular weight is 509 g/mol. The van der Waals surface area contributed by atoms with Crippen LogP contribution < -0.4 is 15.4 Å². The van der Waals surface area contributed by atoms with E-state index in [1.165, 1.54) is 19.2 Å². The van der Waals surface area contributed by atoms with E-state index in [1.54, 1.807) is 12.3 Å². The SMILES string of the molecule is COCC(=O)N[C@H]1CC[C@H](NC(=O)c2c(C)[nH]c3c(-c4ccc(F)cc4OCC4CC4)ccnc23)CC1. The van der Waals surface area contributed by atoms with Gasteiger partial charge < -0.3 is 25.1 Å². The lowest BCUT2D eigenvalue weighted by atomic mass is 9.91. The van der Waals surface area contributed by atoms with Crippen molar-refractivity contribution in [1.29, 1.82) is 0 Å². The van der Waals surface area contributed by atoms with Crippen molar-refractivity contribution in [2.45, 2.75) is 57.5 Å². The van der Waals surface area contributed by atoms with E-state index in [4.69, 9.17) is 9.47 Å². The first kappa shape index (κ1) is 25.2. The molecule has 0 atom stereocenters. The standard InChI is InChI=1S/C28H33FN4O4/c1-16-25(28(35)33-20-8-6-19(7-9-20)32-24(34)15-36-2)27-26(31-16)22(11-12-30-27)21-10-5-18(29)13-23(21)37-14-17-3-4-17/h5,10-13,17,19-20,31H,3-4,6-9,14-15H2,1-2H3,(H,32,34)(H,33,35)/t19-,20-. The first-order valence-corrected chi connectivity index (χ1v) is 12.9. The summed E-state index contributed by atoms with van der Waals surface area (Å²) in [4.78, 5) is 33.0. The Morgan fingerprint density at radius 2 is 1.78 bits per heavy atom. The first-order valence-electron chi connectivity index (χ1n) is 12.9. The van der Waals surface area contributed by atoms with Crippen LogP contribution in [0.1, 0.15) is 54.6 Å². The highest BCUT2D eigenvalue weighted by Crippen LogP contribution is 2.38. The van der Waals surface area contributed by atoms with Crippen LogP contribution >= 0.6 is 0 Å². The number of amides is 2. The molecule has 2 fully saturated rings. The van der Waals surface area contributed by atoms with E-state index < -0.39 is 0 Å². The predicted molar refractivity (Wildman–Crippen MR) is 138 cm³/mol. The highest BCUT2D eigenvalue weighted by atomic mass is 19.1. The number of carbonyl (C=O) groups excluding carboxylic acids is 2. The van der Waals surface area contributed by atoms with Gasteiger partial charge in [-0.25, -0.2) is 4.39 Å². The van der Waals surface area contributed by atoms with Gasteiger partial charge in [-0.1, -0.05) is 0 Å². The number of pyridine rings is 1. The number of rotatable bonds is 9. The molecule has 37 heavy (non-hydrogen) atoms. The van der Waals surface area contributed by atoms with Gasteiger partial charge in [-0.15, -0.1) is 0 Å². The van der Waals surface area contributed by atoms with E-state index in [0.29, 0.717) is 29.4 Å². The van der Waals surface area contributed by atoms with Crippen LogP contribution in [0.2, 0.25) is 0 Å². The molecule has 9 heteroatoms. The molecule has 2 aromatic heterocycles. The molecule has 0 bridgehead atoms. The minimum absolute atomic E-state index is 0.0233. The molecule has 2 aliphatic rings. The number of H-pyrrole nitrogens is 1. The molecule has 0 unspecified atom stereocenters. The number of nitrogens with one attached hydrogen (secondary N) is 3. The maximum Gasteiger partial charge on any atom is 0.255 e.